The van der Waals surface area contributed by atoms with Crippen LogP contribution in [-0.4, -0.2) is 126 Å². The van der Waals surface area contributed by atoms with Gasteiger partial charge in [-0.25, -0.2) is 0 Å². The summed E-state index contributed by atoms with van der Waals surface area (Å²) in [7, 11) is 8.67. The zero-order valence-electron chi connectivity index (χ0n) is 36.7. The first-order chi connectivity index (χ1) is 26.9. The number of aromatic amines is 1. The number of hydrogen-bond donors (Lipinski definition) is 2. The lowest BCUT2D eigenvalue weighted by Crippen LogP contribution is -2.54. The van der Waals surface area contributed by atoms with Crippen molar-refractivity contribution >= 4 is 40.3 Å². The number of para-hydroxylation sites is 1. The molecule has 2 N–H and O–H groups in total. The van der Waals surface area contributed by atoms with E-state index in [9.17, 15) is 29.1 Å². The second-order valence-corrected chi connectivity index (χ2v) is 17.5. The van der Waals surface area contributed by atoms with Gasteiger partial charge in [0.1, 0.15) is 5.78 Å². The van der Waals surface area contributed by atoms with E-state index in [1.807, 2.05) is 57.1 Å². The molecule has 12 heteroatoms. The smallest absolute Gasteiger partial charge is 0.307 e. The first-order valence-corrected chi connectivity index (χ1v) is 21.0. The highest BCUT2D eigenvalue weighted by Crippen LogP contribution is 2.32. The van der Waals surface area contributed by atoms with Gasteiger partial charge in [-0.05, 0) is 69.2 Å². The van der Waals surface area contributed by atoms with Crippen molar-refractivity contribution in [2.24, 2.45) is 35.5 Å². The highest BCUT2D eigenvalue weighted by Gasteiger charge is 2.43. The number of aliphatic carboxylic acids is 1. The Balaban J connectivity index is 1.79. The Morgan fingerprint density at radius 2 is 1.56 bits per heavy atom. The van der Waals surface area contributed by atoms with Gasteiger partial charge in [0.05, 0.1) is 42.7 Å². The number of benzene rings is 1. The maximum Gasteiger partial charge on any atom is 0.307 e. The van der Waals surface area contributed by atoms with Crippen molar-refractivity contribution in [3.8, 4) is 0 Å². The van der Waals surface area contributed by atoms with Crippen molar-refractivity contribution in [2.45, 2.75) is 130 Å². The number of amides is 2. The molecule has 0 saturated carbocycles. The van der Waals surface area contributed by atoms with Gasteiger partial charge < -0.3 is 29.4 Å². The summed E-state index contributed by atoms with van der Waals surface area (Å²) in [6, 6.07) is 6.57. The number of aromatic nitrogens is 1. The van der Waals surface area contributed by atoms with Crippen LogP contribution in [0.25, 0.3) is 10.9 Å². The summed E-state index contributed by atoms with van der Waals surface area (Å²) in [5, 5.41) is 11.1. The maximum absolute atomic E-state index is 14.4. The lowest BCUT2D eigenvalue weighted by atomic mass is 9.84. The highest BCUT2D eigenvalue weighted by molar-refractivity contribution is 5.90. The fourth-order valence-corrected chi connectivity index (χ4v) is 9.33. The van der Waals surface area contributed by atoms with E-state index in [2.05, 4.69) is 32.7 Å². The number of carbonyl (C=O) groups excluding carboxylic acids is 4. The van der Waals surface area contributed by atoms with Crippen molar-refractivity contribution in [3.05, 3.63) is 36.0 Å². The SMILES string of the molecule is CC[C@H](C)[C@@H]([C@@H](CC(=O)N1CCC[C@H]1[C@H](OC)[C@@H](C)C(=O)C[C@@H](Cc1c[nH]c2ccccc12)C(=O)O)OC)N(C)C(=O)[C@@H](CC(=O)[C@H](C(C)C)N(C)C)CC(C)C. The molecule has 0 aliphatic carbocycles. The van der Waals surface area contributed by atoms with Gasteiger partial charge in [-0.15, -0.1) is 0 Å². The van der Waals surface area contributed by atoms with Crippen molar-refractivity contribution in [3.63, 3.8) is 0 Å². The van der Waals surface area contributed by atoms with Crippen LogP contribution in [0.2, 0.25) is 0 Å². The number of rotatable bonds is 24. The van der Waals surface area contributed by atoms with Crippen LogP contribution in [0.4, 0.5) is 0 Å². The number of likely N-dealkylation sites (N-methyl/N-ethyl adjacent to an activating group) is 2. The Morgan fingerprint density at radius 1 is 0.912 bits per heavy atom. The van der Waals surface area contributed by atoms with E-state index in [0.717, 1.165) is 29.3 Å². The van der Waals surface area contributed by atoms with Gasteiger partial charge in [0.2, 0.25) is 11.8 Å². The molecule has 1 aliphatic rings. The molecule has 12 nitrogen and oxygen atoms in total. The first-order valence-electron chi connectivity index (χ1n) is 21.0. The second-order valence-electron chi connectivity index (χ2n) is 17.5. The van der Waals surface area contributed by atoms with Crippen LogP contribution in [-0.2, 0) is 39.9 Å². The predicted octanol–water partition coefficient (Wildman–Crippen LogP) is 6.50. The van der Waals surface area contributed by atoms with Gasteiger partial charge in [-0.1, -0.05) is 73.1 Å². The van der Waals surface area contributed by atoms with Gasteiger partial charge in [-0.2, -0.15) is 0 Å². The number of nitrogens with one attached hydrogen (secondary N) is 1. The number of carboxylic acids is 1. The van der Waals surface area contributed by atoms with E-state index in [4.69, 9.17) is 9.47 Å². The quantitative estimate of drug-likeness (QED) is 0.122. The minimum Gasteiger partial charge on any atom is -0.481 e. The zero-order valence-corrected chi connectivity index (χ0v) is 36.7. The Kier molecular flexibility index (Phi) is 18.4. The summed E-state index contributed by atoms with van der Waals surface area (Å²) in [4.78, 5) is 77.2. The van der Waals surface area contributed by atoms with Gasteiger partial charge in [0, 0.05) is 69.6 Å². The third-order valence-corrected chi connectivity index (χ3v) is 12.4. The number of H-pyrrole nitrogens is 1. The number of ether oxygens (including phenoxy) is 2. The van der Waals surface area contributed by atoms with E-state index >= 15 is 0 Å². The molecule has 0 spiro atoms. The largest absolute Gasteiger partial charge is 0.481 e. The number of likely N-dealkylation sites (tertiary alicyclic amines) is 1. The molecule has 1 aliphatic heterocycles. The third-order valence-electron chi connectivity index (χ3n) is 12.4. The van der Waals surface area contributed by atoms with E-state index in [-0.39, 0.29) is 78.9 Å². The maximum atomic E-state index is 14.4. The molecule has 2 heterocycles. The van der Waals surface area contributed by atoms with E-state index in [0.29, 0.717) is 19.4 Å². The normalized spacial score (nSPS) is 19.0. The Hall–Kier alpha value is -3.61. The summed E-state index contributed by atoms with van der Waals surface area (Å²) in [5.41, 5.74) is 1.76. The van der Waals surface area contributed by atoms with Gasteiger partial charge in [0.15, 0.2) is 5.78 Å². The topological polar surface area (TPSA) is 150 Å². The van der Waals surface area contributed by atoms with Gasteiger partial charge in [-0.3, -0.25) is 28.9 Å². The number of ketones is 2. The van der Waals surface area contributed by atoms with Crippen molar-refractivity contribution < 1.29 is 38.6 Å². The Bertz CT molecular complexity index is 1630. The van der Waals surface area contributed by atoms with E-state index < -0.39 is 42.0 Å². The van der Waals surface area contributed by atoms with Gasteiger partial charge in [0.25, 0.3) is 0 Å². The summed E-state index contributed by atoms with van der Waals surface area (Å²) < 4.78 is 12.0. The molecule has 0 unspecified atom stereocenters. The summed E-state index contributed by atoms with van der Waals surface area (Å²) in [6.07, 6.45) is 3.46. The molecule has 1 saturated heterocycles. The molecule has 1 aromatic carbocycles. The highest BCUT2D eigenvalue weighted by atomic mass is 16.5. The summed E-state index contributed by atoms with van der Waals surface area (Å²) in [6.45, 7) is 14.5. The van der Waals surface area contributed by atoms with Gasteiger partial charge >= 0.3 is 5.97 Å². The molecule has 57 heavy (non-hydrogen) atoms. The Labute approximate surface area is 341 Å². The minimum absolute atomic E-state index is 0.0116. The average Bonchev–Trinajstić information content (AvgIpc) is 3.80. The standard InChI is InChI=1S/C45H72N4O8/c1-13-29(6)42(48(10)44(53)31(21-27(2)3)23-38(51)41(28(4)5)47(8)9)39(56-11)25-40(52)49-20-16-19-36(49)43(57-12)30(7)37(50)24-32(45(54)55)22-33-26-46-35-18-15-14-17-34(33)35/h14-15,17-18,26-32,36,39,41-43,46H,13,16,19-25H2,1-12H3,(H,54,55)/t29-,30-,31+,32+,36-,39+,41-,42-,43+/m0/s1. The molecule has 0 radical (unpaired) electrons. The van der Waals surface area contributed by atoms with Crippen LogP contribution in [0.15, 0.2) is 30.5 Å². The Morgan fingerprint density at radius 3 is 2.12 bits per heavy atom. The lowest BCUT2D eigenvalue weighted by molar-refractivity contribution is -0.149. The number of Topliss-reactive ketones (excluding diaryl/α,β-unsaturated/α-hetero) is 2. The molecule has 1 fully saturated rings. The third kappa shape index (κ3) is 12.2. The molecule has 320 valence electrons. The second kappa shape index (κ2) is 22.0. The molecule has 0 bridgehead atoms. The molecule has 3 rings (SSSR count). The number of carboxylic acid groups (broad SMARTS) is 1. The first kappa shape index (κ1) is 47.8. The zero-order chi connectivity index (χ0) is 42.7. The van der Waals surface area contributed by atoms with Crippen LogP contribution >= 0.6 is 0 Å². The molecule has 2 aromatic rings. The van der Waals surface area contributed by atoms with Crippen LogP contribution in [0.3, 0.4) is 0 Å². The predicted molar refractivity (Wildman–Crippen MR) is 224 cm³/mol. The van der Waals surface area contributed by atoms with E-state index in [1.165, 1.54) is 7.11 Å². The summed E-state index contributed by atoms with van der Waals surface area (Å²) in [5.74, 6) is -3.26. The molecule has 9 atom stereocenters. The molecular weight excluding hydrogens is 725 g/mol. The molecule has 1 aromatic heterocycles. The van der Waals surface area contributed by atoms with Crippen molar-refractivity contribution in [2.75, 3.05) is 41.9 Å². The average molecular weight is 797 g/mol. The van der Waals surface area contributed by atoms with Crippen LogP contribution in [0.5, 0.6) is 0 Å². The number of nitrogens with zero attached hydrogens (tertiary/aromatic N) is 3. The number of hydrogen-bond acceptors (Lipinski definition) is 8. The van der Waals surface area contributed by atoms with E-state index in [1.54, 1.807) is 37.1 Å². The monoisotopic (exact) mass is 797 g/mol. The van der Waals surface area contributed by atoms with Crippen LogP contribution < -0.4 is 0 Å². The fourth-order valence-electron chi connectivity index (χ4n) is 9.33. The number of carbonyl (C=O) groups is 5. The van der Waals surface area contributed by atoms with Crippen molar-refractivity contribution in [1.29, 1.82) is 0 Å². The number of methoxy groups -OCH3 is 2. The molecule has 2 amide bonds. The van der Waals surface area contributed by atoms with Crippen molar-refractivity contribution in [1.82, 2.24) is 19.7 Å². The minimum atomic E-state index is -1.03. The molecular formula is C45H72N4O8. The number of fused-ring (bicyclic) bond motifs is 1. The summed E-state index contributed by atoms with van der Waals surface area (Å²) >= 11 is 0. The van der Waals surface area contributed by atoms with Crippen LogP contribution in [0, 0.1) is 35.5 Å². The fraction of sp³-hybridized carbons (Fsp3) is 0.711. The lowest BCUT2D eigenvalue weighted by Gasteiger charge is -2.40. The van der Waals surface area contributed by atoms with Crippen LogP contribution in [0.1, 0.15) is 99.0 Å².